The van der Waals surface area contributed by atoms with Gasteiger partial charge in [0.1, 0.15) is 0 Å². The molecule has 0 aliphatic rings. The van der Waals surface area contributed by atoms with Gasteiger partial charge in [0.25, 0.3) is 0 Å². The fourth-order valence-corrected chi connectivity index (χ4v) is 3.57. The lowest BCUT2D eigenvalue weighted by molar-refractivity contribution is -0.154. The normalized spacial score (nSPS) is 15.7. The van der Waals surface area contributed by atoms with Gasteiger partial charge in [0.15, 0.2) is 0 Å². The van der Waals surface area contributed by atoms with Crippen molar-refractivity contribution in [2.45, 2.75) is 111 Å². The SMILES string of the molecule is CCCC(CC)OCCC(CCCC(=O)O)(CCOC(CC)CCC)C(=O)O. The van der Waals surface area contributed by atoms with Crippen LogP contribution in [0.4, 0.5) is 0 Å². The van der Waals surface area contributed by atoms with E-state index >= 15 is 0 Å². The molecule has 28 heavy (non-hydrogen) atoms. The molecule has 0 radical (unpaired) electrons. The molecule has 0 saturated heterocycles. The monoisotopic (exact) mass is 402 g/mol. The Morgan fingerprint density at radius 1 is 0.821 bits per heavy atom. The summed E-state index contributed by atoms with van der Waals surface area (Å²) in [6.45, 7) is 9.12. The van der Waals surface area contributed by atoms with Crippen LogP contribution >= 0.6 is 0 Å². The second kappa shape index (κ2) is 15.7. The number of hydrogen-bond acceptors (Lipinski definition) is 4. The molecule has 2 N–H and O–H groups in total. The van der Waals surface area contributed by atoms with E-state index in [1.165, 1.54) is 0 Å². The number of aliphatic carboxylic acids is 2. The Morgan fingerprint density at radius 3 is 1.61 bits per heavy atom. The third-order valence-electron chi connectivity index (χ3n) is 5.50. The summed E-state index contributed by atoms with van der Waals surface area (Å²) < 4.78 is 11.9. The molecule has 0 aromatic carbocycles. The zero-order valence-electron chi connectivity index (χ0n) is 18.4. The van der Waals surface area contributed by atoms with Crippen LogP contribution < -0.4 is 0 Å². The van der Waals surface area contributed by atoms with Crippen LogP contribution in [0.15, 0.2) is 0 Å². The van der Waals surface area contributed by atoms with Gasteiger partial charge in [0.2, 0.25) is 0 Å². The summed E-state index contributed by atoms with van der Waals surface area (Å²) in [4.78, 5) is 23.1. The fraction of sp³-hybridized carbons (Fsp3) is 0.909. The molecular weight excluding hydrogens is 360 g/mol. The molecular formula is C22H42O6. The average Bonchev–Trinajstić information content (AvgIpc) is 2.65. The van der Waals surface area contributed by atoms with Crippen molar-refractivity contribution in [3.63, 3.8) is 0 Å². The van der Waals surface area contributed by atoms with E-state index in [0.29, 0.717) is 38.9 Å². The van der Waals surface area contributed by atoms with Crippen molar-refractivity contribution in [3.05, 3.63) is 0 Å². The van der Waals surface area contributed by atoms with Gasteiger partial charge >= 0.3 is 11.9 Å². The highest BCUT2D eigenvalue weighted by Crippen LogP contribution is 2.34. The molecule has 0 rings (SSSR count). The Hall–Kier alpha value is -1.14. The molecule has 0 bridgehead atoms. The Morgan fingerprint density at radius 2 is 1.29 bits per heavy atom. The second-order valence-corrected chi connectivity index (χ2v) is 7.71. The highest BCUT2D eigenvalue weighted by molar-refractivity contribution is 5.74. The van der Waals surface area contributed by atoms with Gasteiger partial charge in [-0.05, 0) is 51.4 Å². The molecule has 0 amide bonds. The summed E-state index contributed by atoms with van der Waals surface area (Å²) in [5.74, 6) is -1.77. The highest BCUT2D eigenvalue weighted by atomic mass is 16.5. The lowest BCUT2D eigenvalue weighted by Gasteiger charge is -2.31. The van der Waals surface area contributed by atoms with E-state index in [4.69, 9.17) is 14.6 Å². The van der Waals surface area contributed by atoms with Gasteiger partial charge in [-0.1, -0.05) is 40.5 Å². The van der Waals surface area contributed by atoms with Gasteiger partial charge in [-0.25, -0.2) is 0 Å². The van der Waals surface area contributed by atoms with Crippen molar-refractivity contribution >= 4 is 11.9 Å². The molecule has 6 nitrogen and oxygen atoms in total. The molecule has 0 saturated carbocycles. The molecule has 0 spiro atoms. The summed E-state index contributed by atoms with van der Waals surface area (Å²) in [7, 11) is 0. The van der Waals surface area contributed by atoms with Gasteiger partial charge < -0.3 is 19.7 Å². The maximum Gasteiger partial charge on any atom is 0.309 e. The van der Waals surface area contributed by atoms with E-state index in [0.717, 1.165) is 38.5 Å². The fourth-order valence-electron chi connectivity index (χ4n) is 3.57. The Balaban J connectivity index is 4.97. The summed E-state index contributed by atoms with van der Waals surface area (Å²) in [5.41, 5.74) is -0.996. The van der Waals surface area contributed by atoms with Gasteiger partial charge in [-0.2, -0.15) is 0 Å². The molecule has 0 aromatic rings. The smallest absolute Gasteiger partial charge is 0.309 e. The highest BCUT2D eigenvalue weighted by Gasteiger charge is 2.38. The number of carboxylic acid groups (broad SMARTS) is 2. The maximum atomic E-state index is 12.2. The van der Waals surface area contributed by atoms with Crippen LogP contribution in [0.25, 0.3) is 0 Å². The molecule has 0 fully saturated rings. The number of carbonyl (C=O) groups is 2. The molecule has 0 aromatic heterocycles. The van der Waals surface area contributed by atoms with Crippen molar-refractivity contribution in [1.82, 2.24) is 0 Å². The second-order valence-electron chi connectivity index (χ2n) is 7.71. The Labute approximate surface area is 171 Å². The number of rotatable bonds is 19. The van der Waals surface area contributed by atoms with E-state index in [1.54, 1.807) is 0 Å². The third kappa shape index (κ3) is 11.0. The number of carboxylic acids is 2. The largest absolute Gasteiger partial charge is 0.481 e. The van der Waals surface area contributed by atoms with Gasteiger partial charge in [0.05, 0.1) is 17.6 Å². The number of hydrogen-bond donors (Lipinski definition) is 2. The first-order valence-corrected chi connectivity index (χ1v) is 11.0. The predicted octanol–water partition coefficient (Wildman–Crippen LogP) is 5.28. The minimum atomic E-state index is -0.996. The Bertz CT molecular complexity index is 403. The van der Waals surface area contributed by atoms with Crippen LogP contribution in [0.1, 0.15) is 98.3 Å². The molecule has 0 aliphatic carbocycles. The molecule has 0 heterocycles. The van der Waals surface area contributed by atoms with Crippen molar-refractivity contribution < 1.29 is 29.3 Å². The van der Waals surface area contributed by atoms with Gasteiger partial charge in [-0.15, -0.1) is 0 Å². The van der Waals surface area contributed by atoms with Crippen LogP contribution in [0.2, 0.25) is 0 Å². The number of ether oxygens (including phenoxy) is 2. The first-order chi connectivity index (χ1) is 13.3. The van der Waals surface area contributed by atoms with E-state index < -0.39 is 17.4 Å². The first kappa shape index (κ1) is 26.9. The van der Waals surface area contributed by atoms with Crippen LogP contribution in [0, 0.1) is 5.41 Å². The zero-order valence-corrected chi connectivity index (χ0v) is 18.4. The summed E-state index contributed by atoms with van der Waals surface area (Å²) in [5, 5.41) is 18.9. The topological polar surface area (TPSA) is 93.1 Å². The summed E-state index contributed by atoms with van der Waals surface area (Å²) >= 11 is 0. The van der Waals surface area contributed by atoms with E-state index in [1.807, 2.05) is 0 Å². The quantitative estimate of drug-likeness (QED) is 0.305. The van der Waals surface area contributed by atoms with Crippen LogP contribution in [0.3, 0.4) is 0 Å². The Kier molecular flexibility index (Phi) is 15.1. The maximum absolute atomic E-state index is 12.2. The minimum absolute atomic E-state index is 0.0163. The van der Waals surface area contributed by atoms with Crippen LogP contribution in [0.5, 0.6) is 0 Å². The van der Waals surface area contributed by atoms with Crippen molar-refractivity contribution in [2.75, 3.05) is 13.2 Å². The van der Waals surface area contributed by atoms with Crippen molar-refractivity contribution in [2.24, 2.45) is 5.41 Å². The predicted molar refractivity (Wildman–Crippen MR) is 111 cm³/mol. The molecule has 6 heteroatoms. The van der Waals surface area contributed by atoms with E-state index in [-0.39, 0.29) is 18.6 Å². The van der Waals surface area contributed by atoms with E-state index in [2.05, 4.69) is 27.7 Å². The van der Waals surface area contributed by atoms with E-state index in [9.17, 15) is 14.7 Å². The van der Waals surface area contributed by atoms with Gasteiger partial charge in [0, 0.05) is 19.6 Å². The molecule has 2 unspecified atom stereocenters. The molecule has 0 aliphatic heterocycles. The first-order valence-electron chi connectivity index (χ1n) is 11.0. The molecule has 166 valence electrons. The standard InChI is InChI=1S/C22H42O6/c1-5-10-18(7-3)27-16-14-22(21(25)26,13-9-12-20(23)24)15-17-28-19(8-4)11-6-2/h18-19H,5-17H2,1-4H3,(H,23,24)(H,25,26). The molecule has 2 atom stereocenters. The third-order valence-corrected chi connectivity index (χ3v) is 5.50. The minimum Gasteiger partial charge on any atom is -0.481 e. The van der Waals surface area contributed by atoms with Crippen LogP contribution in [-0.2, 0) is 19.1 Å². The lowest BCUT2D eigenvalue weighted by atomic mass is 9.77. The average molecular weight is 403 g/mol. The van der Waals surface area contributed by atoms with Crippen molar-refractivity contribution in [1.29, 1.82) is 0 Å². The zero-order chi connectivity index (χ0) is 21.4. The van der Waals surface area contributed by atoms with Crippen LogP contribution in [-0.4, -0.2) is 47.6 Å². The van der Waals surface area contributed by atoms with Gasteiger partial charge in [-0.3, -0.25) is 9.59 Å². The van der Waals surface area contributed by atoms with Crippen molar-refractivity contribution in [3.8, 4) is 0 Å². The summed E-state index contributed by atoms with van der Waals surface area (Å²) in [6.07, 6.45) is 7.55. The lowest BCUT2D eigenvalue weighted by Crippen LogP contribution is -2.35. The summed E-state index contributed by atoms with van der Waals surface area (Å²) in [6, 6.07) is 0.